The van der Waals surface area contributed by atoms with Crippen LogP contribution in [0, 0.1) is 20.8 Å². The number of ether oxygens (including phenoxy) is 1. The molecule has 6 heteroatoms. The first-order valence-electron chi connectivity index (χ1n) is 9.27. The van der Waals surface area contributed by atoms with E-state index in [4.69, 9.17) is 4.74 Å². The molecule has 0 aliphatic rings. The lowest BCUT2D eigenvalue weighted by molar-refractivity contribution is 0.0887. The second-order valence-electron chi connectivity index (χ2n) is 7.01. The van der Waals surface area contributed by atoms with Crippen molar-refractivity contribution < 1.29 is 14.6 Å². The standard InChI is InChI=1S/C21H27N3O3/c1-6-23-15(4)21(16(5)25)19-10-18(7-8-20(19)23)27-12-17(26)11-24-14(3)9-13(2)22-24/h7-10,17,26H,6,11-12H2,1-5H3/t17-/m1/s1. The summed E-state index contributed by atoms with van der Waals surface area (Å²) in [7, 11) is 0. The zero-order valence-corrected chi connectivity index (χ0v) is 16.6. The van der Waals surface area contributed by atoms with Crippen LogP contribution in [0.15, 0.2) is 24.3 Å². The highest BCUT2D eigenvalue weighted by Gasteiger charge is 2.17. The summed E-state index contributed by atoms with van der Waals surface area (Å²) in [6, 6.07) is 7.72. The molecule has 0 unspecified atom stereocenters. The van der Waals surface area contributed by atoms with Gasteiger partial charge in [-0.15, -0.1) is 0 Å². The number of fused-ring (bicyclic) bond motifs is 1. The fourth-order valence-corrected chi connectivity index (χ4v) is 3.71. The number of Topliss-reactive ketones (excluding diaryl/α,β-unsaturated/α-hetero) is 1. The molecule has 27 heavy (non-hydrogen) atoms. The molecule has 144 valence electrons. The predicted octanol–water partition coefficient (Wildman–Crippen LogP) is 3.43. The molecule has 3 rings (SSSR count). The summed E-state index contributed by atoms with van der Waals surface area (Å²) < 4.78 is 9.72. The zero-order chi connectivity index (χ0) is 19.7. The summed E-state index contributed by atoms with van der Waals surface area (Å²) in [6.45, 7) is 10.9. The van der Waals surface area contributed by atoms with Crippen molar-refractivity contribution in [1.82, 2.24) is 14.3 Å². The number of rotatable bonds is 7. The number of carbonyl (C=O) groups is 1. The molecular weight excluding hydrogens is 342 g/mol. The maximum atomic E-state index is 12.1. The normalized spacial score (nSPS) is 12.5. The van der Waals surface area contributed by atoms with E-state index in [0.717, 1.165) is 40.1 Å². The molecule has 6 nitrogen and oxygen atoms in total. The maximum absolute atomic E-state index is 12.1. The van der Waals surface area contributed by atoms with Crippen molar-refractivity contribution in [3.8, 4) is 5.75 Å². The Labute approximate surface area is 159 Å². The molecule has 0 spiro atoms. The Morgan fingerprint density at radius 3 is 2.59 bits per heavy atom. The monoisotopic (exact) mass is 369 g/mol. The van der Waals surface area contributed by atoms with E-state index in [1.165, 1.54) is 0 Å². The lowest BCUT2D eigenvalue weighted by atomic mass is 10.1. The summed E-state index contributed by atoms with van der Waals surface area (Å²) in [5, 5.41) is 15.6. The van der Waals surface area contributed by atoms with Crippen molar-refractivity contribution in [3.05, 3.63) is 46.9 Å². The fraction of sp³-hybridized carbons (Fsp3) is 0.429. The number of aryl methyl sites for hydroxylation is 3. The van der Waals surface area contributed by atoms with Crippen LogP contribution in [-0.2, 0) is 13.1 Å². The summed E-state index contributed by atoms with van der Waals surface area (Å²) in [5.41, 5.74) is 4.67. The molecule has 0 aliphatic carbocycles. The minimum atomic E-state index is -0.673. The summed E-state index contributed by atoms with van der Waals surface area (Å²) in [4.78, 5) is 12.1. The topological polar surface area (TPSA) is 69.3 Å². The van der Waals surface area contributed by atoms with Gasteiger partial charge in [-0.05, 0) is 58.9 Å². The van der Waals surface area contributed by atoms with Crippen LogP contribution >= 0.6 is 0 Å². The number of hydrogen-bond donors (Lipinski definition) is 1. The molecule has 0 saturated carbocycles. The van der Waals surface area contributed by atoms with Gasteiger partial charge in [-0.25, -0.2) is 0 Å². The Morgan fingerprint density at radius 1 is 1.26 bits per heavy atom. The molecule has 0 fully saturated rings. The van der Waals surface area contributed by atoms with Gasteiger partial charge in [0.2, 0.25) is 0 Å². The first kappa shape index (κ1) is 19.2. The van der Waals surface area contributed by atoms with E-state index in [1.807, 2.05) is 45.0 Å². The fourth-order valence-electron chi connectivity index (χ4n) is 3.71. The van der Waals surface area contributed by atoms with E-state index in [9.17, 15) is 9.90 Å². The van der Waals surface area contributed by atoms with Crippen LogP contribution in [0.4, 0.5) is 0 Å². The van der Waals surface area contributed by atoms with Gasteiger partial charge >= 0.3 is 0 Å². The van der Waals surface area contributed by atoms with Crippen LogP contribution in [0.2, 0.25) is 0 Å². The third-order valence-electron chi connectivity index (χ3n) is 4.89. The smallest absolute Gasteiger partial charge is 0.162 e. The van der Waals surface area contributed by atoms with Gasteiger partial charge in [-0.3, -0.25) is 9.48 Å². The molecule has 3 aromatic rings. The second-order valence-corrected chi connectivity index (χ2v) is 7.01. The van der Waals surface area contributed by atoms with Gasteiger partial charge in [0.25, 0.3) is 0 Å². The lowest BCUT2D eigenvalue weighted by Gasteiger charge is -2.14. The molecule has 1 atom stereocenters. The SMILES string of the molecule is CCn1c(C)c(C(C)=O)c2cc(OC[C@H](O)Cn3nc(C)cc3C)ccc21. The Morgan fingerprint density at radius 2 is 2.00 bits per heavy atom. The summed E-state index contributed by atoms with van der Waals surface area (Å²) in [6.07, 6.45) is -0.673. The molecule has 0 bridgehead atoms. The molecular formula is C21H27N3O3. The van der Waals surface area contributed by atoms with Gasteiger partial charge in [0.15, 0.2) is 5.78 Å². The summed E-state index contributed by atoms with van der Waals surface area (Å²) >= 11 is 0. The van der Waals surface area contributed by atoms with Gasteiger partial charge < -0.3 is 14.4 Å². The van der Waals surface area contributed by atoms with Crippen LogP contribution < -0.4 is 4.74 Å². The Bertz CT molecular complexity index is 984. The maximum Gasteiger partial charge on any atom is 0.162 e. The lowest BCUT2D eigenvalue weighted by Crippen LogP contribution is -2.24. The summed E-state index contributed by atoms with van der Waals surface area (Å²) in [5.74, 6) is 0.692. The number of hydrogen-bond acceptors (Lipinski definition) is 4. The highest BCUT2D eigenvalue weighted by atomic mass is 16.5. The van der Waals surface area contributed by atoms with Crippen LogP contribution in [-0.4, -0.2) is 37.9 Å². The van der Waals surface area contributed by atoms with Crippen molar-refractivity contribution in [2.24, 2.45) is 0 Å². The van der Waals surface area contributed by atoms with Gasteiger partial charge in [0.1, 0.15) is 18.5 Å². The van der Waals surface area contributed by atoms with E-state index in [0.29, 0.717) is 12.3 Å². The number of ketones is 1. The number of nitrogens with zero attached hydrogens (tertiary/aromatic N) is 3. The van der Waals surface area contributed by atoms with E-state index in [2.05, 4.69) is 16.6 Å². The second kappa shape index (κ2) is 7.56. The average molecular weight is 369 g/mol. The van der Waals surface area contributed by atoms with Crippen molar-refractivity contribution in [2.75, 3.05) is 6.61 Å². The molecule has 1 N–H and O–H groups in total. The highest BCUT2D eigenvalue weighted by Crippen LogP contribution is 2.30. The minimum Gasteiger partial charge on any atom is -0.491 e. The minimum absolute atomic E-state index is 0.0476. The zero-order valence-electron chi connectivity index (χ0n) is 16.6. The molecule has 0 radical (unpaired) electrons. The van der Waals surface area contributed by atoms with E-state index < -0.39 is 6.10 Å². The predicted molar refractivity (Wildman–Crippen MR) is 106 cm³/mol. The molecule has 0 saturated heterocycles. The largest absolute Gasteiger partial charge is 0.491 e. The van der Waals surface area contributed by atoms with Crippen molar-refractivity contribution in [1.29, 1.82) is 0 Å². The van der Waals surface area contributed by atoms with Crippen LogP contribution in [0.1, 0.15) is 41.3 Å². The molecule has 0 amide bonds. The van der Waals surface area contributed by atoms with Gasteiger partial charge in [-0.2, -0.15) is 5.10 Å². The third kappa shape index (κ3) is 3.76. The third-order valence-corrected chi connectivity index (χ3v) is 4.89. The number of aliphatic hydroxyl groups excluding tert-OH is 1. The Hall–Kier alpha value is -2.60. The van der Waals surface area contributed by atoms with Gasteiger partial charge in [0, 0.05) is 34.4 Å². The van der Waals surface area contributed by atoms with Gasteiger partial charge in [0.05, 0.1) is 12.2 Å². The van der Waals surface area contributed by atoms with Crippen molar-refractivity contribution >= 4 is 16.7 Å². The van der Waals surface area contributed by atoms with E-state index >= 15 is 0 Å². The Balaban J connectivity index is 1.78. The first-order valence-corrected chi connectivity index (χ1v) is 9.27. The highest BCUT2D eigenvalue weighted by molar-refractivity contribution is 6.08. The molecule has 1 aromatic carbocycles. The van der Waals surface area contributed by atoms with E-state index in [1.54, 1.807) is 11.6 Å². The first-order chi connectivity index (χ1) is 12.8. The number of benzene rings is 1. The van der Waals surface area contributed by atoms with Crippen LogP contribution in [0.25, 0.3) is 10.9 Å². The molecule has 2 aromatic heterocycles. The average Bonchev–Trinajstić information content (AvgIpc) is 3.07. The quantitative estimate of drug-likeness (QED) is 0.648. The van der Waals surface area contributed by atoms with Crippen LogP contribution in [0.3, 0.4) is 0 Å². The number of carbonyl (C=O) groups excluding carboxylic acids is 1. The van der Waals surface area contributed by atoms with Crippen LogP contribution in [0.5, 0.6) is 5.75 Å². The number of aromatic nitrogens is 3. The molecule has 0 aliphatic heterocycles. The molecule has 2 heterocycles. The van der Waals surface area contributed by atoms with Crippen molar-refractivity contribution in [3.63, 3.8) is 0 Å². The van der Waals surface area contributed by atoms with Gasteiger partial charge in [-0.1, -0.05) is 0 Å². The van der Waals surface area contributed by atoms with Crippen molar-refractivity contribution in [2.45, 2.75) is 53.8 Å². The van der Waals surface area contributed by atoms with E-state index in [-0.39, 0.29) is 12.4 Å². The number of aliphatic hydroxyl groups is 1. The Kier molecular flexibility index (Phi) is 5.37.